The van der Waals surface area contributed by atoms with Gasteiger partial charge in [0, 0.05) is 17.1 Å². The lowest BCUT2D eigenvalue weighted by Gasteiger charge is -2.35. The summed E-state index contributed by atoms with van der Waals surface area (Å²) in [6, 6.07) is 16.0. The number of amides is 2. The first kappa shape index (κ1) is 33.0. The Morgan fingerprint density at radius 2 is 1.51 bits per heavy atom. The number of benzene rings is 3. The van der Waals surface area contributed by atoms with Crippen molar-refractivity contribution in [2.45, 2.75) is 57.1 Å². The van der Waals surface area contributed by atoms with E-state index in [1.807, 2.05) is 20.8 Å². The number of halogens is 4. The monoisotopic (exact) mass is 657 g/mol. The zero-order chi connectivity index (χ0) is 30.5. The van der Waals surface area contributed by atoms with Crippen molar-refractivity contribution >= 4 is 73.9 Å². The van der Waals surface area contributed by atoms with Crippen LogP contribution in [0.3, 0.4) is 0 Å². The number of sulfonamides is 1. The molecule has 0 aliphatic carbocycles. The fourth-order valence-electron chi connectivity index (χ4n) is 4.12. The van der Waals surface area contributed by atoms with Gasteiger partial charge in [-0.05, 0) is 75.2 Å². The maximum atomic E-state index is 14.1. The lowest BCUT2D eigenvalue weighted by Crippen LogP contribution is -2.55. The number of carbonyl (C=O) groups is 2. The molecule has 0 bridgehead atoms. The number of anilines is 1. The number of hydrogen-bond donors (Lipinski definition) is 1. The third-order valence-electron chi connectivity index (χ3n) is 6.01. The lowest BCUT2D eigenvalue weighted by atomic mass is 10.1. The third-order valence-corrected chi connectivity index (χ3v) is 9.08. The van der Waals surface area contributed by atoms with Gasteiger partial charge < -0.3 is 10.2 Å². The van der Waals surface area contributed by atoms with E-state index in [0.717, 1.165) is 4.31 Å². The molecule has 3 aromatic rings. The highest BCUT2D eigenvalue weighted by Gasteiger charge is 2.35. The maximum Gasteiger partial charge on any atom is 0.264 e. The minimum atomic E-state index is -4.28. The molecule has 0 aromatic heterocycles. The molecule has 3 aromatic carbocycles. The molecule has 0 aliphatic rings. The number of nitrogens with zero attached hydrogens (tertiary/aromatic N) is 2. The second-order valence-corrected chi connectivity index (χ2v) is 13.9. The van der Waals surface area contributed by atoms with Crippen LogP contribution in [-0.2, 0) is 26.2 Å². The van der Waals surface area contributed by atoms with Crippen LogP contribution in [0.5, 0.6) is 0 Å². The van der Waals surface area contributed by atoms with Gasteiger partial charge in [0.25, 0.3) is 10.0 Å². The average molecular weight is 659 g/mol. The van der Waals surface area contributed by atoms with Crippen molar-refractivity contribution in [2.24, 2.45) is 0 Å². The average Bonchev–Trinajstić information content (AvgIpc) is 2.90. The predicted molar refractivity (Wildman–Crippen MR) is 166 cm³/mol. The van der Waals surface area contributed by atoms with Gasteiger partial charge in [0.1, 0.15) is 12.6 Å². The van der Waals surface area contributed by atoms with Gasteiger partial charge in [0.2, 0.25) is 11.8 Å². The molecule has 41 heavy (non-hydrogen) atoms. The summed E-state index contributed by atoms with van der Waals surface area (Å²) >= 11 is 25.0. The zero-order valence-corrected chi connectivity index (χ0v) is 26.8. The van der Waals surface area contributed by atoms with E-state index >= 15 is 0 Å². The van der Waals surface area contributed by atoms with Crippen LogP contribution < -0.4 is 9.62 Å². The van der Waals surface area contributed by atoms with Crippen LogP contribution in [0.4, 0.5) is 5.69 Å². The van der Waals surface area contributed by atoms with Gasteiger partial charge in [-0.1, -0.05) is 77.6 Å². The molecule has 3 rings (SSSR count). The van der Waals surface area contributed by atoms with E-state index in [9.17, 15) is 18.0 Å². The van der Waals surface area contributed by atoms with Crippen molar-refractivity contribution < 1.29 is 18.0 Å². The highest BCUT2D eigenvalue weighted by Crippen LogP contribution is 2.33. The van der Waals surface area contributed by atoms with Gasteiger partial charge >= 0.3 is 0 Å². The molecular formula is C29H31Cl4N3O4S. The molecule has 0 radical (unpaired) electrons. The largest absolute Gasteiger partial charge is 0.350 e. The van der Waals surface area contributed by atoms with Crippen LogP contribution in [0.2, 0.25) is 20.1 Å². The van der Waals surface area contributed by atoms with Gasteiger partial charge in [-0.15, -0.1) is 0 Å². The number of carbonyl (C=O) groups excluding carboxylic acids is 2. The van der Waals surface area contributed by atoms with Crippen molar-refractivity contribution in [3.05, 3.63) is 92.4 Å². The highest BCUT2D eigenvalue weighted by molar-refractivity contribution is 7.92. The molecule has 12 heteroatoms. The molecule has 0 aliphatic heterocycles. The molecule has 0 fully saturated rings. The number of rotatable bonds is 10. The third kappa shape index (κ3) is 8.52. The van der Waals surface area contributed by atoms with Crippen LogP contribution in [0.15, 0.2) is 71.6 Å². The summed E-state index contributed by atoms with van der Waals surface area (Å²) in [6.45, 7) is 6.58. The fraction of sp³-hybridized carbons (Fsp3) is 0.310. The van der Waals surface area contributed by atoms with Crippen LogP contribution in [-0.4, -0.2) is 43.3 Å². The molecule has 1 atom stereocenters. The molecule has 2 amide bonds. The molecule has 0 spiro atoms. The molecule has 1 N–H and O–H groups in total. The Hall–Kier alpha value is -2.49. The summed E-state index contributed by atoms with van der Waals surface area (Å²) in [7, 11) is -4.28. The maximum absolute atomic E-state index is 14.1. The molecule has 7 nitrogen and oxygen atoms in total. The van der Waals surface area contributed by atoms with Crippen molar-refractivity contribution in [2.75, 3.05) is 10.8 Å². The van der Waals surface area contributed by atoms with Crippen molar-refractivity contribution in [3.63, 3.8) is 0 Å². The predicted octanol–water partition coefficient (Wildman–Crippen LogP) is 7.22. The summed E-state index contributed by atoms with van der Waals surface area (Å²) in [5.41, 5.74) is 0.0610. The second kappa shape index (κ2) is 13.7. The van der Waals surface area contributed by atoms with E-state index in [1.165, 1.54) is 35.2 Å². The Morgan fingerprint density at radius 1 is 0.878 bits per heavy atom. The van der Waals surface area contributed by atoms with Crippen molar-refractivity contribution in [1.29, 1.82) is 0 Å². The Morgan fingerprint density at radius 3 is 2.10 bits per heavy atom. The van der Waals surface area contributed by atoms with Crippen molar-refractivity contribution in [3.8, 4) is 0 Å². The Kier molecular flexibility index (Phi) is 11.0. The van der Waals surface area contributed by atoms with Crippen LogP contribution in [0, 0.1) is 0 Å². The van der Waals surface area contributed by atoms with Gasteiger partial charge in [-0.3, -0.25) is 13.9 Å². The summed E-state index contributed by atoms with van der Waals surface area (Å²) in [4.78, 5) is 28.8. The molecule has 0 heterocycles. The van der Waals surface area contributed by atoms with Crippen LogP contribution in [0.1, 0.15) is 39.7 Å². The smallest absolute Gasteiger partial charge is 0.264 e. The molecule has 0 unspecified atom stereocenters. The fourth-order valence-corrected chi connectivity index (χ4v) is 6.32. The first-order valence-electron chi connectivity index (χ1n) is 12.7. The first-order valence-corrected chi connectivity index (χ1v) is 15.7. The zero-order valence-electron chi connectivity index (χ0n) is 23.0. The highest BCUT2D eigenvalue weighted by atomic mass is 35.5. The Bertz CT molecular complexity index is 1510. The molecule has 0 saturated carbocycles. The van der Waals surface area contributed by atoms with Gasteiger partial charge in [-0.25, -0.2) is 8.42 Å². The summed E-state index contributed by atoms with van der Waals surface area (Å²) in [5, 5.41) is 3.84. The Labute approximate surface area is 261 Å². The van der Waals surface area contributed by atoms with Gasteiger partial charge in [-0.2, -0.15) is 0 Å². The standard InChI is InChI=1S/C29H31Cl4N3O4S/c1-5-25(28(38)34-29(2,3)4)35(17-19-11-13-22(31)24(33)15-19)27(37)18-36(26-16-20(30)12-14-23(26)32)41(39,40)21-9-7-6-8-10-21/h6-16,25H,5,17-18H2,1-4H3,(H,34,38)/t25-/m0/s1. The van der Waals surface area contributed by atoms with E-state index in [-0.39, 0.29) is 44.5 Å². The molecule has 0 saturated heterocycles. The second-order valence-electron chi connectivity index (χ2n) is 10.4. The van der Waals surface area contributed by atoms with E-state index in [0.29, 0.717) is 10.6 Å². The van der Waals surface area contributed by atoms with Gasteiger partial charge in [0.05, 0.1) is 25.7 Å². The van der Waals surface area contributed by atoms with E-state index in [1.54, 1.807) is 43.3 Å². The topological polar surface area (TPSA) is 86.8 Å². The molecular weight excluding hydrogens is 628 g/mol. The molecule has 220 valence electrons. The minimum absolute atomic E-state index is 0.0260. The van der Waals surface area contributed by atoms with Gasteiger partial charge in [0.15, 0.2) is 0 Å². The first-order chi connectivity index (χ1) is 19.1. The SMILES string of the molecule is CC[C@@H](C(=O)NC(C)(C)C)N(Cc1ccc(Cl)c(Cl)c1)C(=O)CN(c1cc(Cl)ccc1Cl)S(=O)(=O)c1ccccc1. The minimum Gasteiger partial charge on any atom is -0.350 e. The van der Waals surface area contributed by atoms with E-state index < -0.39 is 34.1 Å². The normalized spacial score (nSPS) is 12.5. The summed E-state index contributed by atoms with van der Waals surface area (Å²) in [5.74, 6) is -1.02. The number of hydrogen-bond acceptors (Lipinski definition) is 4. The van der Waals surface area contributed by atoms with Crippen molar-refractivity contribution in [1.82, 2.24) is 10.2 Å². The Balaban J connectivity index is 2.12. The lowest BCUT2D eigenvalue weighted by molar-refractivity contribution is -0.141. The summed E-state index contributed by atoms with van der Waals surface area (Å²) in [6.07, 6.45) is 0.262. The van der Waals surface area contributed by atoms with E-state index in [2.05, 4.69) is 5.32 Å². The van der Waals surface area contributed by atoms with E-state index in [4.69, 9.17) is 46.4 Å². The quantitative estimate of drug-likeness (QED) is 0.249. The summed E-state index contributed by atoms with van der Waals surface area (Å²) < 4.78 is 28.7. The number of nitrogens with one attached hydrogen (secondary N) is 1. The van der Waals surface area contributed by atoms with Crippen LogP contribution in [0.25, 0.3) is 0 Å². The van der Waals surface area contributed by atoms with Crippen LogP contribution >= 0.6 is 46.4 Å².